The summed E-state index contributed by atoms with van der Waals surface area (Å²) in [5.74, 6) is 0.882. The third-order valence-electron chi connectivity index (χ3n) is 1.19. The third-order valence-corrected chi connectivity index (χ3v) is 1.47. The molecule has 2 heteroatoms. The highest BCUT2D eigenvalue weighted by molar-refractivity contribution is 7.80. The maximum Gasteiger partial charge on any atom is 0.120 e. The highest BCUT2D eigenvalue weighted by atomic mass is 32.1. The number of benzene rings is 1. The predicted molar refractivity (Wildman–Crippen MR) is 49.5 cm³/mol. The van der Waals surface area contributed by atoms with Gasteiger partial charge in [0.1, 0.15) is 5.75 Å². The molecule has 0 radical (unpaired) electrons. The van der Waals surface area contributed by atoms with E-state index in [1.807, 2.05) is 38.1 Å². The molecular formula is C9H12OS. The van der Waals surface area contributed by atoms with E-state index in [0.29, 0.717) is 0 Å². The van der Waals surface area contributed by atoms with E-state index in [1.54, 1.807) is 0 Å². The zero-order valence-corrected chi connectivity index (χ0v) is 7.64. The van der Waals surface area contributed by atoms with Crippen molar-refractivity contribution in [1.29, 1.82) is 0 Å². The fraction of sp³-hybridized carbons (Fsp3) is 0.333. The first-order chi connectivity index (χ1) is 5.18. The molecule has 0 unspecified atom stereocenters. The third kappa shape index (κ3) is 2.85. The average molecular weight is 168 g/mol. The molecule has 1 nitrogen and oxygen atoms in total. The van der Waals surface area contributed by atoms with Crippen molar-refractivity contribution in [2.24, 2.45) is 0 Å². The molecule has 0 atom stereocenters. The van der Waals surface area contributed by atoms with Gasteiger partial charge in [0, 0.05) is 4.90 Å². The molecule has 0 saturated carbocycles. The Bertz CT molecular complexity index is 233. The Morgan fingerprint density at radius 2 is 2.09 bits per heavy atom. The molecule has 60 valence electrons. The Labute approximate surface area is 72.8 Å². The van der Waals surface area contributed by atoms with E-state index in [-0.39, 0.29) is 6.10 Å². The van der Waals surface area contributed by atoms with Gasteiger partial charge < -0.3 is 4.74 Å². The van der Waals surface area contributed by atoms with Gasteiger partial charge in [0.2, 0.25) is 0 Å². The molecule has 1 aromatic carbocycles. The summed E-state index contributed by atoms with van der Waals surface area (Å²) in [6, 6.07) is 7.69. The van der Waals surface area contributed by atoms with Crippen LogP contribution < -0.4 is 4.74 Å². The minimum Gasteiger partial charge on any atom is -0.491 e. The normalized spacial score (nSPS) is 10.2. The van der Waals surface area contributed by atoms with E-state index in [4.69, 9.17) is 4.74 Å². The molecule has 0 aliphatic carbocycles. The second-order valence-electron chi connectivity index (χ2n) is 2.66. The van der Waals surface area contributed by atoms with E-state index in [0.717, 1.165) is 10.6 Å². The van der Waals surface area contributed by atoms with Crippen molar-refractivity contribution in [1.82, 2.24) is 0 Å². The Balaban J connectivity index is 2.71. The van der Waals surface area contributed by atoms with Gasteiger partial charge in [-0.15, -0.1) is 12.6 Å². The molecule has 11 heavy (non-hydrogen) atoms. The maximum atomic E-state index is 5.45. The van der Waals surface area contributed by atoms with Crippen LogP contribution in [-0.4, -0.2) is 6.10 Å². The van der Waals surface area contributed by atoms with Gasteiger partial charge in [-0.2, -0.15) is 0 Å². The topological polar surface area (TPSA) is 9.23 Å². The fourth-order valence-electron chi connectivity index (χ4n) is 0.829. The van der Waals surface area contributed by atoms with Crippen molar-refractivity contribution in [3.05, 3.63) is 24.3 Å². The lowest BCUT2D eigenvalue weighted by Crippen LogP contribution is -2.05. The largest absolute Gasteiger partial charge is 0.491 e. The van der Waals surface area contributed by atoms with Gasteiger partial charge in [0.25, 0.3) is 0 Å². The lowest BCUT2D eigenvalue weighted by Gasteiger charge is -2.08. The molecule has 0 heterocycles. The Kier molecular flexibility index (Phi) is 2.83. The summed E-state index contributed by atoms with van der Waals surface area (Å²) < 4.78 is 5.45. The van der Waals surface area contributed by atoms with Gasteiger partial charge in [0.05, 0.1) is 6.10 Å². The van der Waals surface area contributed by atoms with Crippen LogP contribution in [0.25, 0.3) is 0 Å². The van der Waals surface area contributed by atoms with Gasteiger partial charge in [-0.25, -0.2) is 0 Å². The lowest BCUT2D eigenvalue weighted by atomic mass is 10.3. The van der Waals surface area contributed by atoms with Crippen LogP contribution in [0.5, 0.6) is 5.75 Å². The van der Waals surface area contributed by atoms with Crippen LogP contribution in [-0.2, 0) is 0 Å². The summed E-state index contributed by atoms with van der Waals surface area (Å²) in [5.41, 5.74) is 0. The second-order valence-corrected chi connectivity index (χ2v) is 3.18. The van der Waals surface area contributed by atoms with Crippen molar-refractivity contribution in [2.45, 2.75) is 24.8 Å². The molecule has 0 fully saturated rings. The highest BCUT2D eigenvalue weighted by Crippen LogP contribution is 2.16. The minimum absolute atomic E-state index is 0.227. The van der Waals surface area contributed by atoms with Gasteiger partial charge in [-0.1, -0.05) is 6.07 Å². The first-order valence-corrected chi connectivity index (χ1v) is 4.09. The number of hydrogen-bond acceptors (Lipinski definition) is 2. The van der Waals surface area contributed by atoms with Crippen molar-refractivity contribution in [3.8, 4) is 5.75 Å². The van der Waals surface area contributed by atoms with Crippen LogP contribution in [0.4, 0.5) is 0 Å². The zero-order chi connectivity index (χ0) is 8.27. The van der Waals surface area contributed by atoms with E-state index in [9.17, 15) is 0 Å². The fourth-order valence-corrected chi connectivity index (χ4v) is 1.04. The molecule has 0 spiro atoms. The van der Waals surface area contributed by atoms with Crippen LogP contribution in [0.3, 0.4) is 0 Å². The van der Waals surface area contributed by atoms with E-state index < -0.39 is 0 Å². The monoisotopic (exact) mass is 168 g/mol. The van der Waals surface area contributed by atoms with Crippen molar-refractivity contribution >= 4 is 12.6 Å². The van der Waals surface area contributed by atoms with Crippen molar-refractivity contribution in [3.63, 3.8) is 0 Å². The van der Waals surface area contributed by atoms with Crippen molar-refractivity contribution < 1.29 is 4.74 Å². The van der Waals surface area contributed by atoms with Crippen LogP contribution in [0.15, 0.2) is 29.2 Å². The summed E-state index contributed by atoms with van der Waals surface area (Å²) in [4.78, 5) is 0.933. The Morgan fingerprint density at radius 3 is 2.64 bits per heavy atom. The van der Waals surface area contributed by atoms with Gasteiger partial charge in [-0.05, 0) is 32.0 Å². The van der Waals surface area contributed by atoms with Crippen molar-refractivity contribution in [2.75, 3.05) is 0 Å². The van der Waals surface area contributed by atoms with Gasteiger partial charge in [-0.3, -0.25) is 0 Å². The average Bonchev–Trinajstić information content (AvgIpc) is 1.85. The SMILES string of the molecule is CC(C)Oc1cccc(S)c1. The molecule has 0 aliphatic heterocycles. The maximum absolute atomic E-state index is 5.45. The number of hydrogen-bond donors (Lipinski definition) is 1. The van der Waals surface area contributed by atoms with Crippen LogP contribution in [0.1, 0.15) is 13.8 Å². The van der Waals surface area contributed by atoms with Gasteiger partial charge >= 0.3 is 0 Å². The first kappa shape index (κ1) is 8.47. The smallest absolute Gasteiger partial charge is 0.120 e. The standard InChI is InChI=1S/C9H12OS/c1-7(2)10-8-4-3-5-9(11)6-8/h3-7,11H,1-2H3. The number of ether oxygens (including phenoxy) is 1. The van der Waals surface area contributed by atoms with E-state index in [2.05, 4.69) is 12.6 Å². The quantitative estimate of drug-likeness (QED) is 0.668. The molecule has 0 amide bonds. The minimum atomic E-state index is 0.227. The Morgan fingerprint density at radius 1 is 1.36 bits per heavy atom. The highest BCUT2D eigenvalue weighted by Gasteiger charge is 1.95. The lowest BCUT2D eigenvalue weighted by molar-refractivity contribution is 0.242. The summed E-state index contributed by atoms with van der Waals surface area (Å²) in [6.07, 6.45) is 0.227. The number of thiol groups is 1. The number of rotatable bonds is 2. The summed E-state index contributed by atoms with van der Waals surface area (Å²) in [5, 5.41) is 0. The molecular weight excluding hydrogens is 156 g/mol. The zero-order valence-electron chi connectivity index (χ0n) is 6.74. The molecule has 0 saturated heterocycles. The first-order valence-electron chi connectivity index (χ1n) is 3.64. The van der Waals surface area contributed by atoms with Crippen LogP contribution in [0.2, 0.25) is 0 Å². The van der Waals surface area contributed by atoms with E-state index >= 15 is 0 Å². The Hall–Kier alpha value is -0.630. The van der Waals surface area contributed by atoms with E-state index in [1.165, 1.54) is 0 Å². The summed E-state index contributed by atoms with van der Waals surface area (Å²) in [7, 11) is 0. The molecule has 0 aliphatic rings. The molecule has 1 rings (SSSR count). The predicted octanol–water partition coefficient (Wildman–Crippen LogP) is 2.76. The van der Waals surface area contributed by atoms with Gasteiger partial charge in [0.15, 0.2) is 0 Å². The summed E-state index contributed by atoms with van der Waals surface area (Å²) in [6.45, 7) is 4.01. The molecule has 0 aromatic heterocycles. The molecule has 0 N–H and O–H groups in total. The second kappa shape index (κ2) is 3.67. The summed E-state index contributed by atoms with van der Waals surface area (Å²) >= 11 is 4.20. The molecule has 1 aromatic rings. The van der Waals surface area contributed by atoms with Crippen LogP contribution >= 0.6 is 12.6 Å². The molecule has 0 bridgehead atoms. The van der Waals surface area contributed by atoms with Crippen LogP contribution in [0, 0.1) is 0 Å².